The highest BCUT2D eigenvalue weighted by Gasteiger charge is 2.46. The molecular formula is C17H22N4O3S. The minimum Gasteiger partial charge on any atom is -0.459 e. The average molecular weight is 362 g/mol. The highest BCUT2D eigenvalue weighted by Crippen LogP contribution is 2.33. The Kier molecular flexibility index (Phi) is 4.99. The molecule has 8 heteroatoms. The van der Waals surface area contributed by atoms with Gasteiger partial charge in [0.1, 0.15) is 5.60 Å². The SMILES string of the molecule is CSCC[C@H](NC(=O)C1CC(=O)OC1(C)C)c1nnc2ccccn12. The maximum absolute atomic E-state index is 12.8. The molecule has 1 N–H and O–H groups in total. The number of hydrogen-bond donors (Lipinski definition) is 1. The molecule has 0 saturated carbocycles. The van der Waals surface area contributed by atoms with Crippen molar-refractivity contribution in [1.29, 1.82) is 0 Å². The zero-order valence-corrected chi connectivity index (χ0v) is 15.4. The Labute approximate surface area is 150 Å². The summed E-state index contributed by atoms with van der Waals surface area (Å²) >= 11 is 1.70. The zero-order chi connectivity index (χ0) is 18.0. The molecule has 1 saturated heterocycles. The Morgan fingerprint density at radius 3 is 2.96 bits per heavy atom. The van der Waals surface area contributed by atoms with E-state index in [2.05, 4.69) is 15.5 Å². The summed E-state index contributed by atoms with van der Waals surface area (Å²) < 4.78 is 7.15. The van der Waals surface area contributed by atoms with E-state index in [4.69, 9.17) is 4.74 Å². The molecule has 3 heterocycles. The summed E-state index contributed by atoms with van der Waals surface area (Å²) in [5.74, 6) is 0.543. The van der Waals surface area contributed by atoms with Crippen LogP contribution in [0.2, 0.25) is 0 Å². The van der Waals surface area contributed by atoms with Gasteiger partial charge in [-0.3, -0.25) is 14.0 Å². The third kappa shape index (κ3) is 3.63. The molecule has 0 aliphatic carbocycles. The number of carbonyl (C=O) groups excluding carboxylic acids is 2. The molecule has 134 valence electrons. The lowest BCUT2D eigenvalue weighted by Crippen LogP contribution is -2.42. The smallest absolute Gasteiger partial charge is 0.307 e. The van der Waals surface area contributed by atoms with Crippen molar-refractivity contribution in [1.82, 2.24) is 19.9 Å². The van der Waals surface area contributed by atoms with Crippen molar-refractivity contribution >= 4 is 29.3 Å². The van der Waals surface area contributed by atoms with Gasteiger partial charge >= 0.3 is 5.97 Å². The number of amides is 1. The summed E-state index contributed by atoms with van der Waals surface area (Å²) in [5.41, 5.74) is -0.0568. The molecule has 1 aliphatic rings. The van der Waals surface area contributed by atoms with Crippen molar-refractivity contribution in [2.45, 2.75) is 38.3 Å². The van der Waals surface area contributed by atoms with Crippen LogP contribution in [0.4, 0.5) is 0 Å². The normalized spacial score (nSPS) is 20.4. The fourth-order valence-corrected chi connectivity index (χ4v) is 3.57. The lowest BCUT2D eigenvalue weighted by atomic mass is 9.89. The first-order chi connectivity index (χ1) is 11.9. The third-order valence-corrected chi connectivity index (χ3v) is 5.13. The summed E-state index contributed by atoms with van der Waals surface area (Å²) in [6, 6.07) is 5.40. The monoisotopic (exact) mass is 362 g/mol. The topological polar surface area (TPSA) is 85.6 Å². The van der Waals surface area contributed by atoms with Crippen molar-refractivity contribution in [2.24, 2.45) is 5.92 Å². The molecule has 1 amide bonds. The first-order valence-corrected chi connectivity index (χ1v) is 9.62. The van der Waals surface area contributed by atoms with Gasteiger partial charge in [0.15, 0.2) is 11.5 Å². The minimum absolute atomic E-state index is 0.106. The van der Waals surface area contributed by atoms with E-state index in [0.717, 1.165) is 17.8 Å². The van der Waals surface area contributed by atoms with Crippen LogP contribution < -0.4 is 5.32 Å². The van der Waals surface area contributed by atoms with Crippen molar-refractivity contribution in [3.63, 3.8) is 0 Å². The maximum atomic E-state index is 12.8. The number of ether oxygens (including phenoxy) is 1. The van der Waals surface area contributed by atoms with Crippen LogP contribution in [-0.4, -0.2) is 44.1 Å². The minimum atomic E-state index is -0.794. The lowest BCUT2D eigenvalue weighted by molar-refractivity contribution is -0.147. The quantitative estimate of drug-likeness (QED) is 0.791. The van der Waals surface area contributed by atoms with E-state index in [9.17, 15) is 9.59 Å². The number of carbonyl (C=O) groups is 2. The Hall–Kier alpha value is -2.09. The summed E-state index contributed by atoms with van der Waals surface area (Å²) in [7, 11) is 0. The first-order valence-electron chi connectivity index (χ1n) is 8.23. The number of cyclic esters (lactones) is 1. The second-order valence-corrected chi connectivity index (χ2v) is 7.65. The number of nitrogens with zero attached hydrogens (tertiary/aromatic N) is 3. The van der Waals surface area contributed by atoms with Gasteiger partial charge in [0, 0.05) is 6.20 Å². The maximum Gasteiger partial charge on any atom is 0.307 e. The second-order valence-electron chi connectivity index (χ2n) is 6.66. The Bertz CT molecular complexity index is 789. The highest BCUT2D eigenvalue weighted by atomic mass is 32.2. The van der Waals surface area contributed by atoms with Gasteiger partial charge in [0.05, 0.1) is 18.4 Å². The van der Waals surface area contributed by atoms with Gasteiger partial charge in [-0.25, -0.2) is 0 Å². The number of pyridine rings is 1. The van der Waals surface area contributed by atoms with Crippen LogP contribution in [0.1, 0.15) is 38.6 Å². The van der Waals surface area contributed by atoms with Crippen LogP contribution in [-0.2, 0) is 14.3 Å². The van der Waals surface area contributed by atoms with Crippen molar-refractivity contribution < 1.29 is 14.3 Å². The summed E-state index contributed by atoms with van der Waals surface area (Å²) in [5, 5.41) is 11.5. The number of fused-ring (bicyclic) bond motifs is 1. The predicted octanol–water partition coefficient (Wildman–Crippen LogP) is 1.98. The molecule has 3 rings (SSSR count). The van der Waals surface area contributed by atoms with Crippen LogP contribution in [0.25, 0.3) is 5.65 Å². The second kappa shape index (κ2) is 7.03. The number of esters is 1. The lowest BCUT2D eigenvalue weighted by Gasteiger charge is -2.26. The van der Waals surface area contributed by atoms with Gasteiger partial charge in [-0.05, 0) is 44.4 Å². The van der Waals surface area contributed by atoms with Gasteiger partial charge in [0.2, 0.25) is 5.91 Å². The van der Waals surface area contributed by atoms with Crippen LogP contribution >= 0.6 is 11.8 Å². The molecule has 0 spiro atoms. The van der Waals surface area contributed by atoms with E-state index < -0.39 is 11.5 Å². The molecule has 0 radical (unpaired) electrons. The van der Waals surface area contributed by atoms with Gasteiger partial charge < -0.3 is 10.1 Å². The Morgan fingerprint density at radius 1 is 1.48 bits per heavy atom. The molecule has 0 aromatic carbocycles. The van der Waals surface area contributed by atoms with Crippen LogP contribution in [0, 0.1) is 5.92 Å². The summed E-state index contributed by atoms with van der Waals surface area (Å²) in [6.07, 6.45) is 4.74. The van der Waals surface area contributed by atoms with Crippen LogP contribution in [0.3, 0.4) is 0 Å². The molecule has 2 aromatic rings. The first kappa shape index (κ1) is 17.7. The number of rotatable bonds is 6. The predicted molar refractivity (Wildman–Crippen MR) is 95.1 cm³/mol. The summed E-state index contributed by atoms with van der Waals surface area (Å²) in [4.78, 5) is 24.4. The Balaban J connectivity index is 1.84. The largest absolute Gasteiger partial charge is 0.459 e. The van der Waals surface area contributed by atoms with E-state index in [1.165, 1.54) is 0 Å². The zero-order valence-electron chi connectivity index (χ0n) is 14.6. The van der Waals surface area contributed by atoms with Gasteiger partial charge in [-0.1, -0.05) is 6.07 Å². The molecule has 25 heavy (non-hydrogen) atoms. The van der Waals surface area contributed by atoms with Crippen LogP contribution in [0.5, 0.6) is 0 Å². The molecule has 0 bridgehead atoms. The van der Waals surface area contributed by atoms with Crippen molar-refractivity contribution in [2.75, 3.05) is 12.0 Å². The van der Waals surface area contributed by atoms with Gasteiger partial charge in [-0.15, -0.1) is 10.2 Å². The fraction of sp³-hybridized carbons (Fsp3) is 0.529. The van der Waals surface area contributed by atoms with Crippen molar-refractivity contribution in [3.8, 4) is 0 Å². The Morgan fingerprint density at radius 2 is 2.28 bits per heavy atom. The molecule has 2 atom stereocenters. The van der Waals surface area contributed by atoms with E-state index in [1.54, 1.807) is 25.6 Å². The molecule has 2 aromatic heterocycles. The molecule has 1 unspecified atom stereocenters. The van der Waals surface area contributed by atoms with E-state index in [1.807, 2.05) is 35.1 Å². The molecular weight excluding hydrogens is 340 g/mol. The average Bonchev–Trinajstić information content (AvgIpc) is 3.11. The molecule has 7 nitrogen and oxygen atoms in total. The summed E-state index contributed by atoms with van der Waals surface area (Å²) in [6.45, 7) is 3.54. The van der Waals surface area contributed by atoms with E-state index >= 15 is 0 Å². The number of nitrogens with one attached hydrogen (secondary N) is 1. The van der Waals surface area contributed by atoms with Crippen molar-refractivity contribution in [3.05, 3.63) is 30.2 Å². The fourth-order valence-electron chi connectivity index (χ4n) is 3.10. The standard InChI is InChI=1S/C17H22N4O3S/c1-17(2)11(10-14(22)24-17)16(23)18-12(7-9-25-3)15-20-19-13-6-4-5-8-21(13)15/h4-6,8,11-12H,7,9-10H2,1-3H3,(H,18,23)/t11?,12-/m0/s1. The van der Waals surface area contributed by atoms with Gasteiger partial charge in [0.25, 0.3) is 0 Å². The molecule has 1 aliphatic heterocycles. The number of thioether (sulfide) groups is 1. The van der Waals surface area contributed by atoms with Gasteiger partial charge in [-0.2, -0.15) is 11.8 Å². The third-order valence-electron chi connectivity index (χ3n) is 4.48. The number of aromatic nitrogens is 3. The van der Waals surface area contributed by atoms with E-state index in [-0.39, 0.29) is 24.3 Å². The van der Waals surface area contributed by atoms with Crippen LogP contribution in [0.15, 0.2) is 24.4 Å². The van der Waals surface area contributed by atoms with E-state index in [0.29, 0.717) is 5.82 Å². The highest BCUT2D eigenvalue weighted by molar-refractivity contribution is 7.98. The number of hydrogen-bond acceptors (Lipinski definition) is 6. The molecule has 1 fully saturated rings.